The molecule has 0 aromatic heterocycles. The maximum Gasteiger partial charge on any atom is 0.255 e. The van der Waals surface area contributed by atoms with Crippen LogP contribution in [0, 0.1) is 5.82 Å². The van der Waals surface area contributed by atoms with Crippen molar-refractivity contribution in [3.8, 4) is 0 Å². The van der Waals surface area contributed by atoms with Crippen LogP contribution in [-0.4, -0.2) is 29.3 Å². The van der Waals surface area contributed by atoms with Crippen LogP contribution in [0.2, 0.25) is 0 Å². The molecule has 0 atom stereocenters. The van der Waals surface area contributed by atoms with E-state index in [1.54, 1.807) is 18.2 Å². The van der Waals surface area contributed by atoms with Gasteiger partial charge < -0.3 is 10.6 Å². The molecule has 3 aromatic rings. The fraction of sp³-hybridized carbons (Fsp3) is 0.0435. The third-order valence-electron chi connectivity index (χ3n) is 4.81. The molecule has 0 saturated heterocycles. The molecule has 0 heterocycles. The van der Waals surface area contributed by atoms with Crippen LogP contribution in [-0.2, 0) is 4.79 Å². The van der Waals surface area contributed by atoms with Crippen LogP contribution < -0.4 is 10.6 Å². The second-order valence-corrected chi connectivity index (χ2v) is 7.03. The lowest BCUT2D eigenvalue weighted by atomic mass is 9.82. The summed E-state index contributed by atoms with van der Waals surface area (Å²) < 4.78 is 13.6. The quantitative estimate of drug-likeness (QED) is 0.472. The Morgan fingerprint density at radius 3 is 2.23 bits per heavy atom. The first-order valence-electron chi connectivity index (χ1n) is 9.19. The van der Waals surface area contributed by atoms with E-state index in [1.807, 2.05) is 0 Å². The molecule has 0 bridgehead atoms. The van der Waals surface area contributed by atoms with Crippen molar-refractivity contribution in [2.24, 2.45) is 0 Å². The molecular weight excluding hydrogens is 423 g/mol. The molecule has 0 aliphatic heterocycles. The fourth-order valence-electron chi connectivity index (χ4n) is 3.42. The van der Waals surface area contributed by atoms with Crippen molar-refractivity contribution in [3.05, 3.63) is 94.3 Å². The molecule has 1 aliphatic carbocycles. The maximum absolute atomic E-state index is 13.6. The SMILES string of the molecule is O=C(CCl)Nc1ccc2c(c1NC(=O)c1cccc(F)c1)C(=O)c1ccccc1C2=O. The van der Waals surface area contributed by atoms with E-state index in [9.17, 15) is 23.6 Å². The molecule has 0 saturated carbocycles. The van der Waals surface area contributed by atoms with E-state index in [1.165, 1.54) is 36.4 Å². The molecule has 0 spiro atoms. The molecule has 3 aromatic carbocycles. The predicted molar refractivity (Wildman–Crippen MR) is 113 cm³/mol. The van der Waals surface area contributed by atoms with E-state index in [2.05, 4.69) is 10.6 Å². The number of hydrogen-bond acceptors (Lipinski definition) is 4. The van der Waals surface area contributed by atoms with Gasteiger partial charge in [-0.15, -0.1) is 11.6 Å². The lowest BCUT2D eigenvalue weighted by Gasteiger charge is -2.23. The Balaban J connectivity index is 1.87. The average molecular weight is 437 g/mol. The Bertz CT molecular complexity index is 1270. The minimum absolute atomic E-state index is 0.00204. The molecule has 4 rings (SSSR count). The first-order chi connectivity index (χ1) is 14.9. The molecule has 2 N–H and O–H groups in total. The number of benzene rings is 3. The van der Waals surface area contributed by atoms with Crippen molar-refractivity contribution in [1.82, 2.24) is 0 Å². The van der Waals surface area contributed by atoms with Crippen LogP contribution >= 0.6 is 11.6 Å². The number of alkyl halides is 1. The summed E-state index contributed by atoms with van der Waals surface area (Å²) in [6, 6.07) is 14.1. The summed E-state index contributed by atoms with van der Waals surface area (Å²) in [6.07, 6.45) is 0. The van der Waals surface area contributed by atoms with E-state index in [-0.39, 0.29) is 50.9 Å². The number of amides is 2. The molecule has 0 radical (unpaired) electrons. The largest absolute Gasteiger partial charge is 0.323 e. The maximum atomic E-state index is 13.6. The van der Waals surface area contributed by atoms with Gasteiger partial charge in [0.2, 0.25) is 5.91 Å². The summed E-state index contributed by atoms with van der Waals surface area (Å²) in [6.45, 7) is 0. The number of fused-ring (bicyclic) bond motifs is 2. The van der Waals surface area contributed by atoms with E-state index in [0.717, 1.165) is 6.07 Å². The number of ketones is 2. The third-order valence-corrected chi connectivity index (χ3v) is 5.06. The highest BCUT2D eigenvalue weighted by Gasteiger charge is 2.33. The summed E-state index contributed by atoms with van der Waals surface area (Å²) in [5.41, 5.74) is 0.500. The minimum atomic E-state index is -0.714. The summed E-state index contributed by atoms with van der Waals surface area (Å²) >= 11 is 5.57. The number of carbonyl (C=O) groups excluding carboxylic acids is 4. The van der Waals surface area contributed by atoms with E-state index < -0.39 is 23.4 Å². The van der Waals surface area contributed by atoms with Crippen molar-refractivity contribution < 1.29 is 23.6 Å². The summed E-state index contributed by atoms with van der Waals surface area (Å²) in [7, 11) is 0. The van der Waals surface area contributed by atoms with Crippen molar-refractivity contribution in [1.29, 1.82) is 0 Å². The number of halogens is 2. The molecule has 31 heavy (non-hydrogen) atoms. The Hall–Kier alpha value is -3.84. The highest BCUT2D eigenvalue weighted by atomic mass is 35.5. The first kappa shape index (κ1) is 20.4. The van der Waals surface area contributed by atoms with Crippen LogP contribution in [0.4, 0.5) is 15.8 Å². The number of rotatable bonds is 4. The summed E-state index contributed by atoms with van der Waals surface area (Å²) in [5.74, 6) is -3.13. The molecule has 1 aliphatic rings. The van der Waals surface area contributed by atoms with Gasteiger partial charge >= 0.3 is 0 Å². The Morgan fingerprint density at radius 1 is 0.839 bits per heavy atom. The lowest BCUT2D eigenvalue weighted by Crippen LogP contribution is -2.25. The second-order valence-electron chi connectivity index (χ2n) is 6.76. The summed E-state index contributed by atoms with van der Waals surface area (Å²) in [4.78, 5) is 50.9. The second kappa shape index (κ2) is 8.12. The highest BCUT2D eigenvalue weighted by Crippen LogP contribution is 2.37. The van der Waals surface area contributed by atoms with Gasteiger partial charge in [0, 0.05) is 22.3 Å². The zero-order chi connectivity index (χ0) is 22.1. The van der Waals surface area contributed by atoms with Gasteiger partial charge in [0.15, 0.2) is 11.6 Å². The van der Waals surface area contributed by atoms with E-state index in [0.29, 0.717) is 0 Å². The number of hydrogen-bond donors (Lipinski definition) is 2. The van der Waals surface area contributed by atoms with Crippen LogP contribution in [0.25, 0.3) is 0 Å². The highest BCUT2D eigenvalue weighted by molar-refractivity contribution is 6.32. The van der Waals surface area contributed by atoms with Gasteiger partial charge in [0.05, 0.1) is 16.9 Å². The third kappa shape index (κ3) is 3.71. The number of anilines is 2. The van der Waals surface area contributed by atoms with Gasteiger partial charge in [-0.3, -0.25) is 19.2 Å². The van der Waals surface area contributed by atoms with Gasteiger partial charge in [-0.2, -0.15) is 0 Å². The molecular formula is C23H14ClFN2O4. The number of carbonyl (C=O) groups is 4. The predicted octanol–water partition coefficient (Wildman–Crippen LogP) is 4.03. The monoisotopic (exact) mass is 436 g/mol. The average Bonchev–Trinajstić information content (AvgIpc) is 2.78. The van der Waals surface area contributed by atoms with Crippen LogP contribution in [0.1, 0.15) is 42.2 Å². The van der Waals surface area contributed by atoms with Crippen LogP contribution in [0.15, 0.2) is 60.7 Å². The van der Waals surface area contributed by atoms with E-state index >= 15 is 0 Å². The van der Waals surface area contributed by atoms with E-state index in [4.69, 9.17) is 11.6 Å². The van der Waals surface area contributed by atoms with Crippen molar-refractivity contribution >= 4 is 46.4 Å². The summed E-state index contributed by atoms with van der Waals surface area (Å²) in [5, 5.41) is 5.07. The number of nitrogens with one attached hydrogen (secondary N) is 2. The molecule has 0 fully saturated rings. The molecule has 2 amide bonds. The lowest BCUT2D eigenvalue weighted by molar-refractivity contribution is -0.113. The zero-order valence-corrected chi connectivity index (χ0v) is 16.6. The normalized spacial score (nSPS) is 12.1. The smallest absolute Gasteiger partial charge is 0.255 e. The Morgan fingerprint density at radius 2 is 1.55 bits per heavy atom. The Kier molecular flexibility index (Phi) is 5.35. The zero-order valence-electron chi connectivity index (χ0n) is 15.9. The Labute approximate surface area is 181 Å². The fourth-order valence-corrected chi connectivity index (χ4v) is 3.49. The van der Waals surface area contributed by atoms with Crippen molar-refractivity contribution in [2.45, 2.75) is 0 Å². The van der Waals surface area contributed by atoms with Crippen LogP contribution in [0.5, 0.6) is 0 Å². The minimum Gasteiger partial charge on any atom is -0.323 e. The topological polar surface area (TPSA) is 92.3 Å². The first-order valence-corrected chi connectivity index (χ1v) is 9.72. The van der Waals surface area contributed by atoms with Crippen LogP contribution in [0.3, 0.4) is 0 Å². The standard InChI is InChI=1S/C23H14ClFN2O4/c24-11-18(28)26-17-9-8-16-19(22(30)15-7-2-1-6-14(15)21(16)29)20(17)27-23(31)12-4-3-5-13(25)10-12/h1-10H,11H2,(H,26,28)(H,27,31). The van der Waals surface area contributed by atoms with Gasteiger partial charge in [-0.25, -0.2) is 4.39 Å². The molecule has 6 nitrogen and oxygen atoms in total. The van der Waals surface area contributed by atoms with Gasteiger partial charge in [-0.05, 0) is 30.3 Å². The van der Waals surface area contributed by atoms with Gasteiger partial charge in [-0.1, -0.05) is 30.3 Å². The molecule has 154 valence electrons. The molecule has 8 heteroatoms. The van der Waals surface area contributed by atoms with Gasteiger partial charge in [0.1, 0.15) is 11.7 Å². The molecule has 0 unspecified atom stereocenters. The van der Waals surface area contributed by atoms with Crippen molar-refractivity contribution in [2.75, 3.05) is 16.5 Å². The van der Waals surface area contributed by atoms with Gasteiger partial charge in [0.25, 0.3) is 5.91 Å². The van der Waals surface area contributed by atoms with Crippen molar-refractivity contribution in [3.63, 3.8) is 0 Å².